The van der Waals surface area contributed by atoms with Gasteiger partial charge in [-0.3, -0.25) is 0 Å². The minimum atomic E-state index is 1.16. The molecule has 0 unspecified atom stereocenters. The summed E-state index contributed by atoms with van der Waals surface area (Å²) in [6, 6.07) is 61.3. The molecule has 2 heteroatoms. The number of nitrogens with zero attached hydrogens (tertiary/aromatic N) is 2. The molecule has 0 fully saturated rings. The first-order valence-electron chi connectivity index (χ1n) is 15.1. The van der Waals surface area contributed by atoms with E-state index in [2.05, 4.69) is 179 Å². The molecular formula is C42H28N2. The summed E-state index contributed by atoms with van der Waals surface area (Å²) >= 11 is 0. The molecule has 0 aliphatic rings. The molecule has 0 spiro atoms. The first-order chi connectivity index (χ1) is 21.8. The van der Waals surface area contributed by atoms with E-state index in [9.17, 15) is 0 Å². The van der Waals surface area contributed by atoms with Crippen LogP contribution in [0.1, 0.15) is 0 Å². The van der Waals surface area contributed by atoms with Gasteiger partial charge in [-0.05, 0) is 64.7 Å². The van der Waals surface area contributed by atoms with E-state index in [0.717, 1.165) is 11.4 Å². The molecule has 206 valence electrons. The quantitative estimate of drug-likeness (QED) is 0.203. The van der Waals surface area contributed by atoms with Crippen molar-refractivity contribution in [2.45, 2.75) is 0 Å². The van der Waals surface area contributed by atoms with E-state index < -0.39 is 0 Å². The fourth-order valence-electron chi connectivity index (χ4n) is 6.92. The lowest BCUT2D eigenvalue weighted by atomic mass is 10.1. The second-order valence-corrected chi connectivity index (χ2v) is 11.4. The van der Waals surface area contributed by atoms with Crippen molar-refractivity contribution in [2.75, 3.05) is 0 Å². The van der Waals surface area contributed by atoms with Gasteiger partial charge in [0.1, 0.15) is 0 Å². The molecule has 0 amide bonds. The van der Waals surface area contributed by atoms with Gasteiger partial charge in [-0.15, -0.1) is 0 Å². The molecule has 7 aromatic carbocycles. The molecule has 0 saturated carbocycles. The zero-order valence-electron chi connectivity index (χ0n) is 24.1. The number of hydrogen-bond donors (Lipinski definition) is 0. The molecule has 2 heterocycles. The molecule has 9 aromatic rings. The van der Waals surface area contributed by atoms with E-state index in [0.29, 0.717) is 0 Å². The normalized spacial score (nSPS) is 11.6. The Morgan fingerprint density at radius 3 is 1.32 bits per heavy atom. The van der Waals surface area contributed by atoms with Crippen LogP contribution in [0, 0.1) is 0 Å². The highest BCUT2D eigenvalue weighted by Crippen LogP contribution is 2.42. The Labute approximate surface area is 255 Å². The molecule has 0 atom stereocenters. The summed E-state index contributed by atoms with van der Waals surface area (Å²) in [7, 11) is 0. The number of hydrogen-bond acceptors (Lipinski definition) is 0. The summed E-state index contributed by atoms with van der Waals surface area (Å²) in [4.78, 5) is 0. The molecule has 9 rings (SSSR count). The Morgan fingerprint density at radius 2 is 0.727 bits per heavy atom. The van der Waals surface area contributed by atoms with Crippen molar-refractivity contribution < 1.29 is 0 Å². The molecule has 0 N–H and O–H groups in total. The van der Waals surface area contributed by atoms with Crippen LogP contribution in [0.25, 0.3) is 77.2 Å². The molecule has 2 aromatic heterocycles. The van der Waals surface area contributed by atoms with Gasteiger partial charge in [-0.25, -0.2) is 0 Å². The average molecular weight is 561 g/mol. The summed E-state index contributed by atoms with van der Waals surface area (Å²) in [5.74, 6) is 0. The Hall–Kier alpha value is -5.86. The third-order valence-corrected chi connectivity index (χ3v) is 8.94. The van der Waals surface area contributed by atoms with Gasteiger partial charge >= 0.3 is 0 Å². The van der Waals surface area contributed by atoms with Crippen LogP contribution < -0.4 is 0 Å². The lowest BCUT2D eigenvalue weighted by Gasteiger charge is -2.11. The standard InChI is InChI=1S/C42H28N2/c1-3-11-29(12-4-1)31-19-23-33(24-20-31)43-39-18-10-8-16-37(39)41-40(43)28-27-36-35-15-7-9-17-38(35)44(42(36)41)34-25-21-32(22-26-34)30-13-5-2-6-14-30/h1-28H. The highest BCUT2D eigenvalue weighted by molar-refractivity contribution is 6.26. The van der Waals surface area contributed by atoms with E-state index in [1.807, 2.05) is 0 Å². The van der Waals surface area contributed by atoms with Crippen LogP contribution in [0.5, 0.6) is 0 Å². The highest BCUT2D eigenvalue weighted by atomic mass is 15.0. The van der Waals surface area contributed by atoms with Crippen LogP contribution in [-0.4, -0.2) is 9.13 Å². The van der Waals surface area contributed by atoms with Crippen LogP contribution >= 0.6 is 0 Å². The van der Waals surface area contributed by atoms with Crippen LogP contribution in [0.15, 0.2) is 170 Å². The number of fused-ring (bicyclic) bond motifs is 7. The third kappa shape index (κ3) is 3.75. The van der Waals surface area contributed by atoms with Crippen LogP contribution in [0.4, 0.5) is 0 Å². The van der Waals surface area contributed by atoms with Crippen molar-refractivity contribution in [3.05, 3.63) is 170 Å². The van der Waals surface area contributed by atoms with Gasteiger partial charge in [-0.2, -0.15) is 0 Å². The molecule has 0 saturated heterocycles. The molecule has 0 bridgehead atoms. The summed E-state index contributed by atoms with van der Waals surface area (Å²) in [6.07, 6.45) is 0. The van der Waals surface area contributed by atoms with Crippen molar-refractivity contribution in [1.29, 1.82) is 0 Å². The zero-order valence-corrected chi connectivity index (χ0v) is 24.1. The van der Waals surface area contributed by atoms with Gasteiger partial charge in [0.15, 0.2) is 0 Å². The maximum absolute atomic E-state index is 2.46. The fraction of sp³-hybridized carbons (Fsp3) is 0. The van der Waals surface area contributed by atoms with Crippen LogP contribution in [0.3, 0.4) is 0 Å². The van der Waals surface area contributed by atoms with Gasteiger partial charge in [-0.1, -0.05) is 127 Å². The molecule has 0 radical (unpaired) electrons. The minimum Gasteiger partial charge on any atom is -0.309 e. The minimum absolute atomic E-state index is 1.16. The van der Waals surface area contributed by atoms with Crippen molar-refractivity contribution in [1.82, 2.24) is 9.13 Å². The third-order valence-electron chi connectivity index (χ3n) is 8.94. The summed E-state index contributed by atoms with van der Waals surface area (Å²) < 4.78 is 4.87. The first-order valence-corrected chi connectivity index (χ1v) is 15.1. The Kier molecular flexibility index (Phi) is 5.54. The van der Waals surface area contributed by atoms with E-state index in [-0.39, 0.29) is 0 Å². The molecule has 0 aliphatic carbocycles. The Morgan fingerprint density at radius 1 is 0.273 bits per heavy atom. The zero-order chi connectivity index (χ0) is 29.0. The summed E-state index contributed by atoms with van der Waals surface area (Å²) in [6.45, 7) is 0. The second kappa shape index (κ2) is 9.86. The predicted molar refractivity (Wildman–Crippen MR) is 186 cm³/mol. The van der Waals surface area contributed by atoms with E-state index in [1.165, 1.54) is 65.9 Å². The van der Waals surface area contributed by atoms with Crippen molar-refractivity contribution in [3.63, 3.8) is 0 Å². The number of benzene rings is 7. The van der Waals surface area contributed by atoms with E-state index >= 15 is 0 Å². The van der Waals surface area contributed by atoms with Gasteiger partial charge in [0.2, 0.25) is 0 Å². The molecule has 44 heavy (non-hydrogen) atoms. The van der Waals surface area contributed by atoms with Crippen LogP contribution in [-0.2, 0) is 0 Å². The van der Waals surface area contributed by atoms with Gasteiger partial charge in [0.25, 0.3) is 0 Å². The Bertz CT molecular complexity index is 2450. The highest BCUT2D eigenvalue weighted by Gasteiger charge is 2.20. The topological polar surface area (TPSA) is 9.86 Å². The average Bonchev–Trinajstić information content (AvgIpc) is 3.62. The number of aromatic nitrogens is 2. The second-order valence-electron chi connectivity index (χ2n) is 11.4. The lowest BCUT2D eigenvalue weighted by Crippen LogP contribution is -1.95. The van der Waals surface area contributed by atoms with E-state index in [1.54, 1.807) is 0 Å². The Balaban J connectivity index is 1.32. The largest absolute Gasteiger partial charge is 0.309 e. The molecular weight excluding hydrogens is 532 g/mol. The van der Waals surface area contributed by atoms with Crippen molar-refractivity contribution in [2.24, 2.45) is 0 Å². The lowest BCUT2D eigenvalue weighted by molar-refractivity contribution is 1.17. The number of rotatable bonds is 4. The summed E-state index contributed by atoms with van der Waals surface area (Å²) in [5, 5.41) is 5.06. The maximum Gasteiger partial charge on any atom is 0.0641 e. The predicted octanol–water partition coefficient (Wildman–Crippen LogP) is 11.2. The van der Waals surface area contributed by atoms with Gasteiger partial charge in [0, 0.05) is 32.9 Å². The van der Waals surface area contributed by atoms with Gasteiger partial charge in [0.05, 0.1) is 22.1 Å². The van der Waals surface area contributed by atoms with Crippen LogP contribution in [0.2, 0.25) is 0 Å². The van der Waals surface area contributed by atoms with Crippen molar-refractivity contribution in [3.8, 4) is 33.6 Å². The maximum atomic E-state index is 2.46. The first kappa shape index (κ1) is 24.7. The molecule has 0 aliphatic heterocycles. The monoisotopic (exact) mass is 560 g/mol. The summed E-state index contributed by atoms with van der Waals surface area (Å²) in [5.41, 5.74) is 12.1. The van der Waals surface area contributed by atoms with Gasteiger partial charge < -0.3 is 9.13 Å². The SMILES string of the molecule is c1ccc(-c2ccc(-n3c4ccccc4c4c3ccc3c5ccccc5n(-c5ccc(-c6ccccc6)cc5)c34)cc2)cc1. The smallest absolute Gasteiger partial charge is 0.0641 e. The van der Waals surface area contributed by atoms with Crippen molar-refractivity contribution >= 4 is 43.6 Å². The van der Waals surface area contributed by atoms with E-state index in [4.69, 9.17) is 0 Å². The fourth-order valence-corrected chi connectivity index (χ4v) is 6.92. The molecule has 2 nitrogen and oxygen atoms in total. The number of para-hydroxylation sites is 2.